The first-order valence-corrected chi connectivity index (χ1v) is 11.5. The summed E-state index contributed by atoms with van der Waals surface area (Å²) in [6.07, 6.45) is 0. The van der Waals surface area contributed by atoms with E-state index in [4.69, 9.17) is 10.6 Å². The van der Waals surface area contributed by atoms with Gasteiger partial charge in [-0.25, -0.2) is 4.68 Å². The molecule has 1 fully saturated rings. The van der Waals surface area contributed by atoms with E-state index in [-0.39, 0.29) is 11.2 Å². The molecular weight excluding hydrogens is 424 g/mol. The van der Waals surface area contributed by atoms with Crippen molar-refractivity contribution in [1.82, 2.24) is 24.7 Å². The van der Waals surface area contributed by atoms with Gasteiger partial charge < -0.3 is 15.5 Å². The molecule has 4 rings (SSSR count). The number of para-hydroxylation sites is 1. The summed E-state index contributed by atoms with van der Waals surface area (Å²) in [6.45, 7) is 5.97. The Hall–Kier alpha value is -3.04. The molecule has 8 nitrogen and oxygen atoms in total. The molecule has 1 unspecified atom stereocenters. The lowest BCUT2D eigenvalue weighted by atomic mass is 10.2. The molecule has 9 heteroatoms. The molecule has 0 bridgehead atoms. The summed E-state index contributed by atoms with van der Waals surface area (Å²) >= 11 is 1.32. The van der Waals surface area contributed by atoms with Crippen molar-refractivity contribution in [3.8, 4) is 17.1 Å². The Balaban J connectivity index is 1.35. The van der Waals surface area contributed by atoms with Crippen LogP contribution in [0.2, 0.25) is 0 Å². The summed E-state index contributed by atoms with van der Waals surface area (Å²) in [5.74, 6) is 7.52. The van der Waals surface area contributed by atoms with Crippen molar-refractivity contribution in [2.45, 2.75) is 23.9 Å². The number of piperazine rings is 1. The maximum Gasteiger partial charge on any atom is 0.235 e. The highest BCUT2D eigenvalue weighted by Crippen LogP contribution is 2.30. The highest BCUT2D eigenvalue weighted by Gasteiger charge is 2.27. The molecule has 0 radical (unpaired) electrons. The third kappa shape index (κ3) is 4.89. The van der Waals surface area contributed by atoms with Gasteiger partial charge >= 0.3 is 0 Å². The monoisotopic (exact) mass is 452 g/mol. The van der Waals surface area contributed by atoms with Gasteiger partial charge in [-0.3, -0.25) is 9.69 Å². The fraction of sp³-hybridized carbons (Fsp3) is 0.348. The molecule has 1 amide bonds. The molecule has 1 aliphatic rings. The van der Waals surface area contributed by atoms with Crippen molar-refractivity contribution >= 4 is 17.7 Å². The van der Waals surface area contributed by atoms with Gasteiger partial charge in [0.1, 0.15) is 5.75 Å². The minimum atomic E-state index is -0.312. The molecule has 0 spiro atoms. The Bertz CT molecular complexity index is 1050. The van der Waals surface area contributed by atoms with E-state index in [1.165, 1.54) is 22.0 Å². The van der Waals surface area contributed by atoms with Crippen LogP contribution in [0.15, 0.2) is 59.8 Å². The summed E-state index contributed by atoms with van der Waals surface area (Å²) in [5.41, 5.74) is 2.05. The molecular formula is C23H28N6O2S. The highest BCUT2D eigenvalue weighted by molar-refractivity contribution is 8.00. The predicted octanol–water partition coefficient (Wildman–Crippen LogP) is 2.49. The fourth-order valence-corrected chi connectivity index (χ4v) is 4.66. The molecule has 1 atom stereocenters. The van der Waals surface area contributed by atoms with Crippen LogP contribution in [-0.2, 0) is 11.3 Å². The van der Waals surface area contributed by atoms with Crippen molar-refractivity contribution < 1.29 is 9.53 Å². The van der Waals surface area contributed by atoms with Gasteiger partial charge in [-0.05, 0) is 24.6 Å². The molecule has 2 N–H and O–H groups in total. The number of nitrogens with two attached hydrogens (primary N) is 1. The van der Waals surface area contributed by atoms with Crippen molar-refractivity contribution in [1.29, 1.82) is 0 Å². The van der Waals surface area contributed by atoms with Crippen LogP contribution in [0.25, 0.3) is 11.4 Å². The van der Waals surface area contributed by atoms with Gasteiger partial charge in [0.25, 0.3) is 0 Å². The average molecular weight is 453 g/mol. The zero-order chi connectivity index (χ0) is 22.5. The second-order valence-electron chi connectivity index (χ2n) is 7.72. The van der Waals surface area contributed by atoms with Crippen LogP contribution < -0.4 is 10.6 Å². The van der Waals surface area contributed by atoms with E-state index in [0.717, 1.165) is 38.3 Å². The number of carbonyl (C=O) groups excluding carboxylic acids is 1. The lowest BCUT2D eigenvalue weighted by Crippen LogP contribution is -2.50. The number of aromatic nitrogens is 3. The maximum atomic E-state index is 13.0. The molecule has 1 aromatic heterocycles. The van der Waals surface area contributed by atoms with Gasteiger partial charge in [-0.2, -0.15) is 0 Å². The summed E-state index contributed by atoms with van der Waals surface area (Å²) in [7, 11) is 1.60. The Morgan fingerprint density at radius 3 is 2.47 bits per heavy atom. The first-order valence-electron chi connectivity index (χ1n) is 10.6. The predicted molar refractivity (Wildman–Crippen MR) is 126 cm³/mol. The number of amides is 1. The Labute approximate surface area is 192 Å². The standard InChI is InChI=1S/C23H28N6O2S/c1-17(22(30)28-14-12-27(13-15-28)16-18-8-4-3-5-9-18)32-23-26-25-21(29(23)24)19-10-6-7-11-20(19)31-2/h3-11,17H,12-16,24H2,1-2H3. The van der Waals surface area contributed by atoms with E-state index < -0.39 is 0 Å². The molecule has 0 saturated carbocycles. The van der Waals surface area contributed by atoms with Crippen LogP contribution in [0.5, 0.6) is 5.75 Å². The third-order valence-electron chi connectivity index (χ3n) is 5.58. The minimum absolute atomic E-state index is 0.0937. The van der Waals surface area contributed by atoms with Crippen molar-refractivity contribution in [3.05, 3.63) is 60.2 Å². The quantitative estimate of drug-likeness (QED) is 0.435. The van der Waals surface area contributed by atoms with Crippen LogP contribution in [-0.4, -0.2) is 69.1 Å². The number of hydrogen-bond acceptors (Lipinski definition) is 7. The zero-order valence-corrected chi connectivity index (χ0v) is 19.2. The first kappa shape index (κ1) is 22.2. The molecule has 32 heavy (non-hydrogen) atoms. The van der Waals surface area contributed by atoms with Crippen molar-refractivity contribution in [3.63, 3.8) is 0 Å². The first-order chi connectivity index (χ1) is 15.6. The van der Waals surface area contributed by atoms with E-state index in [1.54, 1.807) is 7.11 Å². The number of carbonyl (C=O) groups is 1. The second-order valence-corrected chi connectivity index (χ2v) is 9.03. The van der Waals surface area contributed by atoms with Crippen molar-refractivity contribution in [2.24, 2.45) is 0 Å². The summed E-state index contributed by atoms with van der Waals surface area (Å²) < 4.78 is 6.82. The number of thioether (sulfide) groups is 1. The van der Waals surface area contributed by atoms with E-state index in [1.807, 2.05) is 42.2 Å². The van der Waals surface area contributed by atoms with E-state index >= 15 is 0 Å². The van der Waals surface area contributed by atoms with Crippen LogP contribution in [0.3, 0.4) is 0 Å². The lowest BCUT2D eigenvalue weighted by Gasteiger charge is -2.35. The molecule has 1 aliphatic heterocycles. The van der Waals surface area contributed by atoms with Crippen LogP contribution in [0.4, 0.5) is 0 Å². The number of nitrogen functional groups attached to an aromatic ring is 1. The summed E-state index contributed by atoms with van der Waals surface area (Å²) in [5, 5.41) is 8.62. The third-order valence-corrected chi connectivity index (χ3v) is 6.62. The molecule has 3 aromatic rings. The van der Waals surface area contributed by atoms with Crippen molar-refractivity contribution in [2.75, 3.05) is 39.1 Å². The largest absolute Gasteiger partial charge is 0.496 e. The maximum absolute atomic E-state index is 13.0. The van der Waals surface area contributed by atoms with E-state index in [0.29, 0.717) is 16.7 Å². The molecule has 168 valence electrons. The van der Waals surface area contributed by atoms with Crippen LogP contribution >= 0.6 is 11.8 Å². The Morgan fingerprint density at radius 2 is 1.75 bits per heavy atom. The van der Waals surface area contributed by atoms with E-state index in [2.05, 4.69) is 39.4 Å². The lowest BCUT2D eigenvalue weighted by molar-refractivity contribution is -0.132. The molecule has 2 heterocycles. The van der Waals surface area contributed by atoms with Gasteiger partial charge in [0, 0.05) is 32.7 Å². The Kier molecular flexibility index (Phi) is 6.96. The molecule has 2 aromatic carbocycles. The van der Waals surface area contributed by atoms with Crippen LogP contribution in [0.1, 0.15) is 12.5 Å². The molecule has 0 aliphatic carbocycles. The van der Waals surface area contributed by atoms with Gasteiger partial charge in [0.05, 0.1) is 17.9 Å². The van der Waals surface area contributed by atoms with Gasteiger partial charge in [-0.15, -0.1) is 10.2 Å². The summed E-state index contributed by atoms with van der Waals surface area (Å²) in [6, 6.07) is 17.9. The van der Waals surface area contributed by atoms with Gasteiger partial charge in [-0.1, -0.05) is 54.2 Å². The number of rotatable bonds is 7. The average Bonchev–Trinajstić information content (AvgIpc) is 3.19. The molecule has 1 saturated heterocycles. The van der Waals surface area contributed by atoms with Gasteiger partial charge in [0.15, 0.2) is 5.82 Å². The number of methoxy groups -OCH3 is 1. The van der Waals surface area contributed by atoms with Crippen LogP contribution in [0, 0.1) is 0 Å². The topological polar surface area (TPSA) is 89.5 Å². The number of nitrogens with zero attached hydrogens (tertiary/aromatic N) is 5. The number of benzene rings is 2. The summed E-state index contributed by atoms with van der Waals surface area (Å²) in [4.78, 5) is 17.3. The van der Waals surface area contributed by atoms with E-state index in [9.17, 15) is 4.79 Å². The number of hydrogen-bond donors (Lipinski definition) is 1. The minimum Gasteiger partial charge on any atom is -0.496 e. The normalized spacial score (nSPS) is 15.5. The second kappa shape index (κ2) is 10.1. The Morgan fingerprint density at radius 1 is 1.06 bits per heavy atom. The number of ether oxygens (including phenoxy) is 1. The smallest absolute Gasteiger partial charge is 0.235 e. The SMILES string of the molecule is COc1ccccc1-c1nnc(SC(C)C(=O)N2CCN(Cc3ccccc3)CC2)n1N. The van der Waals surface area contributed by atoms with Gasteiger partial charge in [0.2, 0.25) is 11.1 Å². The fourth-order valence-electron chi connectivity index (χ4n) is 3.80. The highest BCUT2D eigenvalue weighted by atomic mass is 32.2. The zero-order valence-electron chi connectivity index (χ0n) is 18.3.